The lowest BCUT2D eigenvalue weighted by atomic mass is 10.1. The molecule has 1 atom stereocenters. The Labute approximate surface area is 109 Å². The van der Waals surface area contributed by atoms with Crippen molar-refractivity contribution in [1.29, 1.82) is 0 Å². The number of benzene rings is 1. The molecule has 2 rings (SSSR count). The van der Waals surface area contributed by atoms with Crippen molar-refractivity contribution in [1.82, 2.24) is 4.90 Å². The average molecular weight is 300 g/mol. The molecule has 2 nitrogen and oxygen atoms in total. The van der Waals surface area contributed by atoms with E-state index in [4.69, 9.17) is 0 Å². The Hall–Kier alpha value is -0.900. The molecule has 0 radical (unpaired) electrons. The smallest absolute Gasteiger partial charge is 0.257 e. The zero-order valence-electron chi connectivity index (χ0n) is 9.75. The number of hydrogen-bond acceptors (Lipinski definition) is 1. The van der Waals surface area contributed by atoms with E-state index in [1.807, 2.05) is 0 Å². The van der Waals surface area contributed by atoms with Gasteiger partial charge in [0, 0.05) is 17.9 Å². The first-order chi connectivity index (χ1) is 8.15. The van der Waals surface area contributed by atoms with Crippen molar-refractivity contribution in [3.8, 4) is 0 Å². The molecule has 0 bridgehead atoms. The van der Waals surface area contributed by atoms with Crippen LogP contribution in [0.1, 0.15) is 28.8 Å². The molecule has 17 heavy (non-hydrogen) atoms. The van der Waals surface area contributed by atoms with E-state index >= 15 is 0 Å². The number of amides is 1. The third kappa shape index (κ3) is 2.37. The van der Waals surface area contributed by atoms with Crippen LogP contribution in [0.15, 0.2) is 18.2 Å². The molecular formula is C13H15BrFNO. The minimum Gasteiger partial charge on any atom is -0.335 e. The van der Waals surface area contributed by atoms with Gasteiger partial charge in [-0.15, -0.1) is 0 Å². The van der Waals surface area contributed by atoms with Gasteiger partial charge in [0.2, 0.25) is 0 Å². The lowest BCUT2D eigenvalue weighted by Crippen LogP contribution is -2.37. The Morgan fingerprint density at radius 2 is 2.35 bits per heavy atom. The average Bonchev–Trinajstić information content (AvgIpc) is 2.80. The highest BCUT2D eigenvalue weighted by atomic mass is 79.9. The van der Waals surface area contributed by atoms with E-state index in [2.05, 4.69) is 15.9 Å². The number of rotatable bonds is 2. The normalized spacial score (nSPS) is 19.7. The summed E-state index contributed by atoms with van der Waals surface area (Å²) < 4.78 is 13.9. The van der Waals surface area contributed by atoms with Crippen molar-refractivity contribution in [3.63, 3.8) is 0 Å². The molecule has 1 aromatic carbocycles. The monoisotopic (exact) mass is 299 g/mol. The summed E-state index contributed by atoms with van der Waals surface area (Å²) >= 11 is 3.40. The first-order valence-electron chi connectivity index (χ1n) is 5.77. The summed E-state index contributed by atoms with van der Waals surface area (Å²) in [5, 5.41) is 0.756. The highest BCUT2D eigenvalue weighted by Crippen LogP contribution is 2.23. The van der Waals surface area contributed by atoms with Gasteiger partial charge < -0.3 is 4.90 Å². The minimum absolute atomic E-state index is 0.187. The van der Waals surface area contributed by atoms with Gasteiger partial charge in [-0.05, 0) is 31.4 Å². The van der Waals surface area contributed by atoms with Gasteiger partial charge in [-0.2, -0.15) is 0 Å². The van der Waals surface area contributed by atoms with Crippen LogP contribution in [0.4, 0.5) is 4.39 Å². The van der Waals surface area contributed by atoms with Gasteiger partial charge in [0.15, 0.2) is 0 Å². The molecule has 1 fully saturated rings. The van der Waals surface area contributed by atoms with Crippen molar-refractivity contribution in [3.05, 3.63) is 35.1 Å². The number of hydrogen-bond donors (Lipinski definition) is 0. The van der Waals surface area contributed by atoms with Crippen LogP contribution in [0.5, 0.6) is 0 Å². The third-order valence-corrected chi connectivity index (χ3v) is 3.99. The molecule has 1 aliphatic rings. The van der Waals surface area contributed by atoms with Crippen LogP contribution in [-0.4, -0.2) is 28.7 Å². The lowest BCUT2D eigenvalue weighted by Gasteiger charge is -2.23. The molecule has 1 heterocycles. The van der Waals surface area contributed by atoms with Gasteiger partial charge in [-0.3, -0.25) is 4.79 Å². The number of nitrogens with zero attached hydrogens (tertiary/aromatic N) is 1. The molecule has 1 aliphatic heterocycles. The van der Waals surface area contributed by atoms with Gasteiger partial charge in [-0.25, -0.2) is 4.39 Å². The van der Waals surface area contributed by atoms with Gasteiger partial charge >= 0.3 is 0 Å². The van der Waals surface area contributed by atoms with Crippen LogP contribution < -0.4 is 0 Å². The second-order valence-electron chi connectivity index (χ2n) is 4.39. The molecule has 0 aliphatic carbocycles. The summed E-state index contributed by atoms with van der Waals surface area (Å²) in [6, 6.07) is 5.17. The van der Waals surface area contributed by atoms with Crippen LogP contribution in [0.2, 0.25) is 0 Å². The SMILES string of the molecule is Cc1cccc(C(=O)N2CCCC2CBr)c1F. The number of likely N-dealkylation sites (tertiary alicyclic amines) is 1. The number of carbonyl (C=O) groups is 1. The van der Waals surface area contributed by atoms with E-state index in [1.165, 1.54) is 0 Å². The first-order valence-corrected chi connectivity index (χ1v) is 6.89. The summed E-state index contributed by atoms with van der Waals surface area (Å²) in [6.07, 6.45) is 1.99. The second kappa shape index (κ2) is 5.17. The summed E-state index contributed by atoms with van der Waals surface area (Å²) in [5.41, 5.74) is 0.711. The number of alkyl halides is 1. The van der Waals surface area contributed by atoms with E-state index in [-0.39, 0.29) is 17.5 Å². The van der Waals surface area contributed by atoms with Crippen molar-refractivity contribution < 1.29 is 9.18 Å². The van der Waals surface area contributed by atoms with Crippen LogP contribution in [0, 0.1) is 12.7 Å². The Kier molecular flexibility index (Phi) is 3.82. The van der Waals surface area contributed by atoms with Crippen LogP contribution >= 0.6 is 15.9 Å². The largest absolute Gasteiger partial charge is 0.335 e. The van der Waals surface area contributed by atoms with Crippen LogP contribution in [0.25, 0.3) is 0 Å². The Morgan fingerprint density at radius 1 is 1.59 bits per heavy atom. The molecule has 92 valence electrons. The molecular weight excluding hydrogens is 285 g/mol. The van der Waals surface area contributed by atoms with E-state index < -0.39 is 5.82 Å². The summed E-state index contributed by atoms with van der Waals surface area (Å²) in [6.45, 7) is 2.40. The Balaban J connectivity index is 2.28. The Morgan fingerprint density at radius 3 is 3.06 bits per heavy atom. The highest BCUT2D eigenvalue weighted by Gasteiger charge is 2.29. The second-order valence-corrected chi connectivity index (χ2v) is 5.03. The predicted molar refractivity (Wildman–Crippen MR) is 69.0 cm³/mol. The van der Waals surface area contributed by atoms with Crippen molar-refractivity contribution >= 4 is 21.8 Å². The van der Waals surface area contributed by atoms with Gasteiger partial charge in [0.25, 0.3) is 5.91 Å². The summed E-state index contributed by atoms with van der Waals surface area (Å²) in [4.78, 5) is 14.0. The maximum atomic E-state index is 13.9. The fourth-order valence-electron chi connectivity index (χ4n) is 2.23. The molecule has 1 saturated heterocycles. The van der Waals surface area contributed by atoms with E-state index in [0.717, 1.165) is 24.7 Å². The number of aryl methyl sites for hydroxylation is 1. The maximum Gasteiger partial charge on any atom is 0.257 e. The minimum atomic E-state index is -0.391. The fraction of sp³-hybridized carbons (Fsp3) is 0.462. The lowest BCUT2D eigenvalue weighted by molar-refractivity contribution is 0.0745. The maximum absolute atomic E-state index is 13.9. The van der Waals surface area contributed by atoms with Gasteiger partial charge in [0.05, 0.1) is 5.56 Å². The van der Waals surface area contributed by atoms with Crippen molar-refractivity contribution in [2.75, 3.05) is 11.9 Å². The Bertz CT molecular complexity index is 435. The fourth-order valence-corrected chi connectivity index (χ4v) is 2.90. The molecule has 0 N–H and O–H groups in total. The zero-order valence-corrected chi connectivity index (χ0v) is 11.3. The summed E-state index contributed by atoms with van der Waals surface area (Å²) in [7, 11) is 0. The first kappa shape index (κ1) is 12.6. The van der Waals surface area contributed by atoms with Gasteiger partial charge in [-0.1, -0.05) is 28.1 Å². The molecule has 0 aromatic heterocycles. The molecule has 1 amide bonds. The molecule has 4 heteroatoms. The van der Waals surface area contributed by atoms with Crippen molar-refractivity contribution in [2.24, 2.45) is 0 Å². The molecule has 0 spiro atoms. The quantitative estimate of drug-likeness (QED) is 0.768. The zero-order chi connectivity index (χ0) is 12.4. The molecule has 0 saturated carbocycles. The van der Waals surface area contributed by atoms with Gasteiger partial charge in [0.1, 0.15) is 5.82 Å². The van der Waals surface area contributed by atoms with Crippen molar-refractivity contribution in [2.45, 2.75) is 25.8 Å². The highest BCUT2D eigenvalue weighted by molar-refractivity contribution is 9.09. The molecule has 1 aromatic rings. The predicted octanol–water partition coefficient (Wildman–Crippen LogP) is 3.13. The third-order valence-electron chi connectivity index (χ3n) is 3.24. The number of halogens is 2. The van der Waals surface area contributed by atoms with Crippen LogP contribution in [-0.2, 0) is 0 Å². The standard InChI is InChI=1S/C13H15BrFNO/c1-9-4-2-6-11(12(9)15)13(17)16-7-3-5-10(16)8-14/h2,4,6,10H,3,5,7-8H2,1H3. The number of carbonyl (C=O) groups excluding carboxylic acids is 1. The topological polar surface area (TPSA) is 20.3 Å². The van der Waals surface area contributed by atoms with E-state index in [9.17, 15) is 9.18 Å². The molecule has 1 unspecified atom stereocenters. The van der Waals surface area contributed by atoms with Crippen LogP contribution in [0.3, 0.4) is 0 Å². The van der Waals surface area contributed by atoms with E-state index in [0.29, 0.717) is 5.56 Å². The summed E-state index contributed by atoms with van der Waals surface area (Å²) in [5.74, 6) is -0.578. The van der Waals surface area contributed by atoms with E-state index in [1.54, 1.807) is 30.0 Å².